The lowest BCUT2D eigenvalue weighted by Gasteiger charge is -2.09. The minimum Gasteiger partial charge on any atom is -0.406 e. The number of nitrogens with one attached hydrogen (secondary N) is 2. The molecule has 1 aromatic heterocycles. The summed E-state index contributed by atoms with van der Waals surface area (Å²) in [4.78, 5) is 0. The average molecular weight is 355 g/mol. The fourth-order valence-electron chi connectivity index (χ4n) is 1.93. The van der Waals surface area contributed by atoms with E-state index in [1.54, 1.807) is 7.11 Å². The number of nitrogens with zero attached hydrogens (tertiary/aromatic N) is 2. The van der Waals surface area contributed by atoms with Gasteiger partial charge in [0.15, 0.2) is 0 Å². The second kappa shape index (κ2) is 7.53. The Bertz CT molecular complexity index is 577. The molecular formula is C14H19BrN4O2. The maximum absolute atomic E-state index is 5.55. The molecule has 0 aliphatic rings. The first kappa shape index (κ1) is 15.9. The molecular weight excluding hydrogens is 336 g/mol. The first-order valence-electron chi connectivity index (χ1n) is 6.66. The van der Waals surface area contributed by atoms with Gasteiger partial charge in [-0.3, -0.25) is 0 Å². The van der Waals surface area contributed by atoms with E-state index < -0.39 is 0 Å². The second-order valence-electron chi connectivity index (χ2n) is 4.73. The van der Waals surface area contributed by atoms with Crippen LogP contribution in [0, 0.1) is 13.8 Å². The topological polar surface area (TPSA) is 72.2 Å². The van der Waals surface area contributed by atoms with Crippen molar-refractivity contribution in [3.05, 3.63) is 33.6 Å². The second-order valence-corrected chi connectivity index (χ2v) is 5.59. The number of hydrogen-bond acceptors (Lipinski definition) is 6. The fourth-order valence-corrected chi connectivity index (χ4v) is 2.70. The van der Waals surface area contributed by atoms with Crippen molar-refractivity contribution in [1.82, 2.24) is 15.5 Å². The minimum atomic E-state index is 0.381. The third kappa shape index (κ3) is 4.52. The summed E-state index contributed by atoms with van der Waals surface area (Å²) >= 11 is 3.54. The van der Waals surface area contributed by atoms with Crippen LogP contribution in [0.4, 0.5) is 11.7 Å². The van der Waals surface area contributed by atoms with Crippen molar-refractivity contribution in [3.8, 4) is 0 Å². The number of benzene rings is 1. The van der Waals surface area contributed by atoms with Crippen molar-refractivity contribution < 1.29 is 9.15 Å². The molecule has 7 heteroatoms. The number of methoxy groups -OCH3 is 1. The zero-order valence-electron chi connectivity index (χ0n) is 12.4. The molecule has 2 rings (SSSR count). The molecule has 114 valence electrons. The van der Waals surface area contributed by atoms with E-state index in [-0.39, 0.29) is 0 Å². The van der Waals surface area contributed by atoms with Crippen LogP contribution in [-0.2, 0) is 11.3 Å². The van der Waals surface area contributed by atoms with Crippen molar-refractivity contribution in [3.63, 3.8) is 0 Å². The van der Waals surface area contributed by atoms with Gasteiger partial charge in [0.2, 0.25) is 5.89 Å². The summed E-state index contributed by atoms with van der Waals surface area (Å²) in [6.45, 7) is 5.99. The Morgan fingerprint density at radius 1 is 1.29 bits per heavy atom. The number of halogens is 1. The van der Waals surface area contributed by atoms with E-state index in [2.05, 4.69) is 49.8 Å². The monoisotopic (exact) mass is 354 g/mol. The van der Waals surface area contributed by atoms with Crippen LogP contribution in [0.3, 0.4) is 0 Å². The fraction of sp³-hybridized carbons (Fsp3) is 0.429. The summed E-state index contributed by atoms with van der Waals surface area (Å²) in [5.41, 5.74) is 3.24. The highest BCUT2D eigenvalue weighted by Crippen LogP contribution is 2.30. The maximum Gasteiger partial charge on any atom is 0.320 e. The van der Waals surface area contributed by atoms with Gasteiger partial charge in [-0.15, -0.1) is 5.10 Å². The van der Waals surface area contributed by atoms with Gasteiger partial charge in [0.05, 0.1) is 18.8 Å². The molecule has 0 saturated heterocycles. The lowest BCUT2D eigenvalue weighted by Crippen LogP contribution is -2.18. The molecule has 0 aliphatic carbocycles. The predicted molar refractivity (Wildman–Crippen MR) is 84.8 cm³/mol. The van der Waals surface area contributed by atoms with E-state index >= 15 is 0 Å². The summed E-state index contributed by atoms with van der Waals surface area (Å²) < 4.78 is 11.5. The average Bonchev–Trinajstić information content (AvgIpc) is 2.87. The standard InChI is InChI=1S/C14H19BrN4O2/c1-9-6-10(2)13(11(15)7-9)17-14-19-18-12(21-14)8-16-4-5-20-3/h6-7,16H,4-5,8H2,1-3H3,(H,17,19). The third-order valence-electron chi connectivity index (χ3n) is 2.89. The van der Waals surface area contributed by atoms with E-state index in [9.17, 15) is 0 Å². The van der Waals surface area contributed by atoms with Crippen LogP contribution in [0.5, 0.6) is 0 Å². The zero-order chi connectivity index (χ0) is 15.2. The van der Waals surface area contributed by atoms with Crippen molar-refractivity contribution in [2.24, 2.45) is 0 Å². The molecule has 0 fully saturated rings. The van der Waals surface area contributed by atoms with Gasteiger partial charge in [0.25, 0.3) is 0 Å². The molecule has 0 radical (unpaired) electrons. The molecule has 2 N–H and O–H groups in total. The smallest absolute Gasteiger partial charge is 0.320 e. The van der Waals surface area contributed by atoms with Crippen LogP contribution < -0.4 is 10.6 Å². The summed E-state index contributed by atoms with van der Waals surface area (Å²) in [7, 11) is 1.66. The Kier molecular flexibility index (Phi) is 5.72. The van der Waals surface area contributed by atoms with Crippen LogP contribution in [0.1, 0.15) is 17.0 Å². The Hall–Kier alpha value is -1.44. The molecule has 6 nitrogen and oxygen atoms in total. The minimum absolute atomic E-state index is 0.381. The van der Waals surface area contributed by atoms with Crippen molar-refractivity contribution >= 4 is 27.6 Å². The van der Waals surface area contributed by atoms with Crippen LogP contribution in [0.15, 0.2) is 21.0 Å². The van der Waals surface area contributed by atoms with Crippen LogP contribution in [0.2, 0.25) is 0 Å². The predicted octanol–water partition coefficient (Wildman–Crippen LogP) is 2.93. The highest BCUT2D eigenvalue weighted by atomic mass is 79.9. The van der Waals surface area contributed by atoms with Gasteiger partial charge < -0.3 is 19.8 Å². The molecule has 0 saturated carbocycles. The maximum atomic E-state index is 5.55. The van der Waals surface area contributed by atoms with E-state index in [1.165, 1.54) is 5.56 Å². The van der Waals surface area contributed by atoms with E-state index in [0.717, 1.165) is 22.3 Å². The lowest BCUT2D eigenvalue weighted by atomic mass is 10.1. The molecule has 1 aromatic carbocycles. The number of ether oxygens (including phenoxy) is 1. The SMILES string of the molecule is COCCNCc1nnc(Nc2c(C)cc(C)cc2Br)o1. The van der Waals surface area contributed by atoms with Crippen molar-refractivity contribution in [2.45, 2.75) is 20.4 Å². The Balaban J connectivity index is 1.99. The van der Waals surface area contributed by atoms with E-state index in [1.807, 2.05) is 13.0 Å². The lowest BCUT2D eigenvalue weighted by molar-refractivity contribution is 0.198. The van der Waals surface area contributed by atoms with Crippen LogP contribution >= 0.6 is 15.9 Å². The Morgan fingerprint density at radius 3 is 2.81 bits per heavy atom. The third-order valence-corrected chi connectivity index (χ3v) is 3.52. The quantitative estimate of drug-likeness (QED) is 0.744. The molecule has 21 heavy (non-hydrogen) atoms. The van der Waals surface area contributed by atoms with Gasteiger partial charge in [-0.2, -0.15) is 0 Å². The van der Waals surface area contributed by atoms with Gasteiger partial charge in [0.1, 0.15) is 0 Å². The zero-order valence-corrected chi connectivity index (χ0v) is 14.0. The molecule has 0 spiro atoms. The van der Waals surface area contributed by atoms with E-state index in [0.29, 0.717) is 25.1 Å². The number of aryl methyl sites for hydroxylation is 2. The largest absolute Gasteiger partial charge is 0.406 e. The molecule has 0 amide bonds. The van der Waals surface area contributed by atoms with Gasteiger partial charge in [-0.25, -0.2) is 0 Å². The molecule has 2 aromatic rings. The molecule has 0 bridgehead atoms. The van der Waals surface area contributed by atoms with E-state index in [4.69, 9.17) is 9.15 Å². The number of aromatic nitrogens is 2. The van der Waals surface area contributed by atoms with Gasteiger partial charge in [-0.05, 0) is 47.0 Å². The normalized spacial score (nSPS) is 10.9. The van der Waals surface area contributed by atoms with Crippen LogP contribution in [-0.4, -0.2) is 30.5 Å². The summed E-state index contributed by atoms with van der Waals surface area (Å²) in [6.07, 6.45) is 0. The molecule has 0 aliphatic heterocycles. The van der Waals surface area contributed by atoms with Gasteiger partial charge in [-0.1, -0.05) is 11.2 Å². The van der Waals surface area contributed by atoms with Gasteiger partial charge >= 0.3 is 6.01 Å². The summed E-state index contributed by atoms with van der Waals surface area (Å²) in [5, 5.41) is 14.3. The van der Waals surface area contributed by atoms with Crippen LogP contribution in [0.25, 0.3) is 0 Å². The highest BCUT2D eigenvalue weighted by Gasteiger charge is 2.10. The highest BCUT2D eigenvalue weighted by molar-refractivity contribution is 9.10. The molecule has 0 atom stereocenters. The first-order chi connectivity index (χ1) is 10.1. The summed E-state index contributed by atoms with van der Waals surface area (Å²) in [5.74, 6) is 0.537. The summed E-state index contributed by atoms with van der Waals surface area (Å²) in [6, 6.07) is 4.52. The number of hydrogen-bond donors (Lipinski definition) is 2. The number of anilines is 2. The Morgan fingerprint density at radius 2 is 2.10 bits per heavy atom. The molecule has 1 heterocycles. The van der Waals surface area contributed by atoms with Crippen molar-refractivity contribution in [1.29, 1.82) is 0 Å². The molecule has 0 unspecified atom stereocenters. The number of rotatable bonds is 7. The van der Waals surface area contributed by atoms with Crippen molar-refractivity contribution in [2.75, 3.05) is 25.6 Å². The Labute approximate surface area is 132 Å². The van der Waals surface area contributed by atoms with Gasteiger partial charge in [0, 0.05) is 18.1 Å². The first-order valence-corrected chi connectivity index (χ1v) is 7.45.